The van der Waals surface area contributed by atoms with Crippen LogP contribution in [-0.2, 0) is 9.47 Å². The molecular formula is C17H25N5O3. The second kappa shape index (κ2) is 6.89. The molecule has 2 aliphatic rings. The third-order valence-electron chi connectivity index (χ3n) is 4.80. The molecule has 1 fully saturated rings. The minimum Gasteiger partial charge on any atom is -0.507 e. The van der Waals surface area contributed by atoms with E-state index in [2.05, 4.69) is 9.98 Å². The summed E-state index contributed by atoms with van der Waals surface area (Å²) in [4.78, 5) is 10.7. The van der Waals surface area contributed by atoms with E-state index in [4.69, 9.17) is 20.9 Å². The summed E-state index contributed by atoms with van der Waals surface area (Å²) in [6.07, 6.45) is 4.27. The Hall–Kier alpha value is -2.32. The van der Waals surface area contributed by atoms with Crippen LogP contribution in [-0.4, -0.2) is 36.9 Å². The predicted octanol–water partition coefficient (Wildman–Crippen LogP) is 1.79. The molecule has 8 nitrogen and oxygen atoms in total. The van der Waals surface area contributed by atoms with Crippen LogP contribution in [0.1, 0.15) is 44.0 Å². The lowest BCUT2D eigenvalue weighted by atomic mass is 9.87. The van der Waals surface area contributed by atoms with Gasteiger partial charge in [-0.15, -0.1) is 0 Å². The number of methoxy groups -OCH3 is 2. The topological polar surface area (TPSA) is 119 Å². The summed E-state index contributed by atoms with van der Waals surface area (Å²) < 4.78 is 10.6. The van der Waals surface area contributed by atoms with Crippen LogP contribution >= 0.6 is 0 Å². The number of phenols is 1. The first-order chi connectivity index (χ1) is 12.0. The molecule has 0 unspecified atom stereocenters. The Balaban J connectivity index is 2.07. The molecule has 0 saturated heterocycles. The fourth-order valence-corrected chi connectivity index (χ4v) is 3.71. The van der Waals surface area contributed by atoms with Gasteiger partial charge in [0.05, 0.1) is 5.56 Å². The lowest BCUT2D eigenvalue weighted by molar-refractivity contribution is -0.106. The van der Waals surface area contributed by atoms with E-state index in [1.807, 2.05) is 4.90 Å². The summed E-state index contributed by atoms with van der Waals surface area (Å²) in [7, 11) is 3.04. The number of guanidine groups is 2. The van der Waals surface area contributed by atoms with E-state index in [1.165, 1.54) is 14.2 Å². The van der Waals surface area contributed by atoms with Crippen molar-refractivity contribution in [2.24, 2.45) is 21.5 Å². The van der Waals surface area contributed by atoms with E-state index in [-0.39, 0.29) is 11.7 Å². The minimum absolute atomic E-state index is 0.0886. The molecule has 1 saturated carbocycles. The monoisotopic (exact) mass is 347 g/mol. The Morgan fingerprint density at radius 2 is 1.84 bits per heavy atom. The molecule has 0 bridgehead atoms. The molecule has 3 rings (SSSR count). The lowest BCUT2D eigenvalue weighted by Crippen LogP contribution is -2.58. The standard InChI is InChI=1S/C17H25N5O3/c1-24-14(25-2)12-10-11(6-7-13(12)23)22-16(19)20-15(18)21-17(22)8-4-3-5-9-17/h6-7,10,14,23H,3-5,8-9H2,1-2H3,(H4,18,19,20,21). The van der Waals surface area contributed by atoms with Crippen LogP contribution in [0.5, 0.6) is 5.75 Å². The molecule has 0 amide bonds. The molecule has 1 aliphatic heterocycles. The Bertz CT molecular complexity index is 694. The second-order valence-corrected chi connectivity index (χ2v) is 6.36. The van der Waals surface area contributed by atoms with Gasteiger partial charge < -0.3 is 26.0 Å². The zero-order chi connectivity index (χ0) is 18.0. The highest BCUT2D eigenvalue weighted by atomic mass is 16.7. The van der Waals surface area contributed by atoms with Crippen LogP contribution in [0.4, 0.5) is 5.69 Å². The third kappa shape index (κ3) is 3.14. The predicted molar refractivity (Wildman–Crippen MR) is 96.4 cm³/mol. The molecular weight excluding hydrogens is 322 g/mol. The molecule has 5 N–H and O–H groups in total. The maximum Gasteiger partial charge on any atom is 0.220 e. The van der Waals surface area contributed by atoms with Gasteiger partial charge in [-0.1, -0.05) is 6.42 Å². The zero-order valence-electron chi connectivity index (χ0n) is 14.6. The van der Waals surface area contributed by atoms with Crippen LogP contribution in [0.25, 0.3) is 0 Å². The van der Waals surface area contributed by atoms with Crippen molar-refractivity contribution in [1.82, 2.24) is 0 Å². The Morgan fingerprint density at radius 1 is 1.16 bits per heavy atom. The highest BCUT2D eigenvalue weighted by Crippen LogP contribution is 2.41. The van der Waals surface area contributed by atoms with Gasteiger partial charge in [-0.25, -0.2) is 4.99 Å². The molecule has 1 spiro atoms. The Labute approximate surface area is 147 Å². The van der Waals surface area contributed by atoms with Gasteiger partial charge in [-0.3, -0.25) is 4.90 Å². The van der Waals surface area contributed by atoms with Gasteiger partial charge in [0.1, 0.15) is 11.4 Å². The quantitative estimate of drug-likeness (QED) is 0.715. The van der Waals surface area contributed by atoms with E-state index >= 15 is 0 Å². The summed E-state index contributed by atoms with van der Waals surface area (Å²) in [5.41, 5.74) is 12.9. The molecule has 1 aromatic rings. The maximum absolute atomic E-state index is 10.2. The SMILES string of the molecule is COC(OC)c1cc(N2C(N)=NC(N)=NC23CCCCC3)ccc1O. The average Bonchev–Trinajstić information content (AvgIpc) is 2.58. The van der Waals surface area contributed by atoms with Crippen LogP contribution in [0.15, 0.2) is 28.2 Å². The van der Waals surface area contributed by atoms with Crippen molar-refractivity contribution in [3.05, 3.63) is 23.8 Å². The van der Waals surface area contributed by atoms with Gasteiger partial charge in [0, 0.05) is 19.9 Å². The van der Waals surface area contributed by atoms with Gasteiger partial charge in [0.2, 0.25) is 11.9 Å². The zero-order valence-corrected chi connectivity index (χ0v) is 14.6. The van der Waals surface area contributed by atoms with E-state index in [0.717, 1.165) is 37.8 Å². The number of aromatic hydroxyl groups is 1. The summed E-state index contributed by atoms with van der Waals surface area (Å²) in [6, 6.07) is 5.18. The normalized spacial score (nSPS) is 19.9. The molecule has 0 radical (unpaired) electrons. The largest absolute Gasteiger partial charge is 0.507 e. The summed E-state index contributed by atoms with van der Waals surface area (Å²) >= 11 is 0. The molecule has 1 heterocycles. The van der Waals surface area contributed by atoms with Crippen molar-refractivity contribution >= 4 is 17.6 Å². The Kier molecular flexibility index (Phi) is 4.82. The first kappa shape index (κ1) is 17.5. The average molecular weight is 347 g/mol. The molecule has 1 aliphatic carbocycles. The van der Waals surface area contributed by atoms with Gasteiger partial charge in [0.25, 0.3) is 0 Å². The molecule has 25 heavy (non-hydrogen) atoms. The van der Waals surface area contributed by atoms with Gasteiger partial charge in [-0.2, -0.15) is 4.99 Å². The number of phenolic OH excluding ortho intramolecular Hbond substituents is 1. The summed E-state index contributed by atoms with van der Waals surface area (Å²) in [5.74, 6) is 0.601. The van der Waals surface area contributed by atoms with Gasteiger partial charge >= 0.3 is 0 Å². The number of hydrogen-bond acceptors (Lipinski definition) is 8. The van der Waals surface area contributed by atoms with Crippen molar-refractivity contribution in [1.29, 1.82) is 0 Å². The van der Waals surface area contributed by atoms with E-state index in [9.17, 15) is 5.11 Å². The van der Waals surface area contributed by atoms with Crippen LogP contribution in [0.2, 0.25) is 0 Å². The first-order valence-corrected chi connectivity index (χ1v) is 8.39. The number of nitrogens with zero attached hydrogens (tertiary/aromatic N) is 3. The number of ether oxygens (including phenoxy) is 2. The van der Waals surface area contributed by atoms with Crippen LogP contribution in [0, 0.1) is 0 Å². The Morgan fingerprint density at radius 3 is 2.48 bits per heavy atom. The molecule has 0 atom stereocenters. The fourth-order valence-electron chi connectivity index (χ4n) is 3.71. The van der Waals surface area contributed by atoms with Crippen molar-refractivity contribution in [2.75, 3.05) is 19.1 Å². The molecule has 1 aromatic carbocycles. The summed E-state index contributed by atoms with van der Waals surface area (Å²) in [6.45, 7) is 0. The third-order valence-corrected chi connectivity index (χ3v) is 4.80. The minimum atomic E-state index is -0.682. The fraction of sp³-hybridized carbons (Fsp3) is 0.529. The molecule has 8 heteroatoms. The molecule has 136 valence electrons. The van der Waals surface area contributed by atoms with E-state index in [0.29, 0.717) is 11.5 Å². The first-order valence-electron chi connectivity index (χ1n) is 8.39. The van der Waals surface area contributed by atoms with Crippen molar-refractivity contribution in [2.45, 2.75) is 44.1 Å². The van der Waals surface area contributed by atoms with E-state index in [1.54, 1.807) is 18.2 Å². The number of benzene rings is 1. The molecule has 0 aromatic heterocycles. The second-order valence-electron chi connectivity index (χ2n) is 6.36. The highest BCUT2D eigenvalue weighted by molar-refractivity contribution is 6.05. The number of anilines is 1. The van der Waals surface area contributed by atoms with Gasteiger partial charge in [-0.05, 0) is 43.9 Å². The number of hydrogen-bond donors (Lipinski definition) is 3. The maximum atomic E-state index is 10.2. The van der Waals surface area contributed by atoms with Crippen molar-refractivity contribution < 1.29 is 14.6 Å². The van der Waals surface area contributed by atoms with Crippen LogP contribution in [0.3, 0.4) is 0 Å². The highest BCUT2D eigenvalue weighted by Gasteiger charge is 2.42. The van der Waals surface area contributed by atoms with E-state index < -0.39 is 12.0 Å². The summed E-state index contributed by atoms with van der Waals surface area (Å²) in [5, 5.41) is 10.2. The van der Waals surface area contributed by atoms with Gasteiger partial charge in [0.15, 0.2) is 6.29 Å². The smallest absolute Gasteiger partial charge is 0.220 e. The van der Waals surface area contributed by atoms with Crippen molar-refractivity contribution in [3.63, 3.8) is 0 Å². The number of nitrogens with two attached hydrogens (primary N) is 2. The number of rotatable bonds is 4. The lowest BCUT2D eigenvalue weighted by Gasteiger charge is -2.45. The van der Waals surface area contributed by atoms with Crippen LogP contribution < -0.4 is 16.4 Å². The van der Waals surface area contributed by atoms with Crippen molar-refractivity contribution in [3.8, 4) is 5.75 Å². The number of aliphatic imine (C=N–C) groups is 2.